The molecule has 4 aromatic rings. The topological polar surface area (TPSA) is 102 Å². The average molecular weight is 403 g/mol. The van der Waals surface area contributed by atoms with E-state index in [-0.39, 0.29) is 0 Å². The van der Waals surface area contributed by atoms with Gasteiger partial charge in [0.1, 0.15) is 5.75 Å². The molecule has 0 aliphatic heterocycles. The Kier molecular flexibility index (Phi) is 5.05. The predicted octanol–water partition coefficient (Wildman–Crippen LogP) is 4.60. The monoisotopic (exact) mass is 403 g/mol. The molecule has 0 fully saturated rings. The second-order valence-electron chi connectivity index (χ2n) is 6.98. The fraction of sp³-hybridized carbons (Fsp3) is 0.182. The number of aromatic nitrogens is 4. The third-order valence-electron chi connectivity index (χ3n) is 4.61. The molecular weight excluding hydrogens is 382 g/mol. The quantitative estimate of drug-likeness (QED) is 0.470. The van der Waals surface area contributed by atoms with Crippen molar-refractivity contribution < 1.29 is 14.3 Å². The molecule has 0 aliphatic carbocycles. The van der Waals surface area contributed by atoms with E-state index in [2.05, 4.69) is 37.4 Å². The van der Waals surface area contributed by atoms with Crippen LogP contribution in [0.15, 0.2) is 42.7 Å². The standard InChI is InChI=1S/C22H21N5O3/c1-12-9-13(2)18(14(3)10-12)30-20-17-19(24-11-23-17)26-22(27-20)25-16-7-5-15(6-8-16)21(28)29-4/h5-11H,1-4H3,(H2,23,24,25,26,27). The minimum atomic E-state index is -0.392. The molecule has 0 radical (unpaired) electrons. The summed E-state index contributed by atoms with van der Waals surface area (Å²) in [5, 5.41) is 3.13. The van der Waals surface area contributed by atoms with Crippen molar-refractivity contribution in [3.63, 3.8) is 0 Å². The summed E-state index contributed by atoms with van der Waals surface area (Å²) in [6.07, 6.45) is 1.55. The molecule has 0 unspecified atom stereocenters. The molecule has 2 heterocycles. The van der Waals surface area contributed by atoms with Crippen molar-refractivity contribution in [3.05, 3.63) is 65.0 Å². The summed E-state index contributed by atoms with van der Waals surface area (Å²) in [5.41, 5.74) is 5.47. The maximum absolute atomic E-state index is 11.6. The van der Waals surface area contributed by atoms with Crippen LogP contribution in [0.1, 0.15) is 27.0 Å². The Bertz CT molecular complexity index is 1210. The number of carbonyl (C=O) groups excluding carboxylic acids is 1. The molecule has 152 valence electrons. The number of ether oxygens (including phenoxy) is 2. The second-order valence-corrected chi connectivity index (χ2v) is 6.98. The summed E-state index contributed by atoms with van der Waals surface area (Å²) in [7, 11) is 1.35. The molecule has 0 saturated carbocycles. The fourth-order valence-corrected chi connectivity index (χ4v) is 3.30. The van der Waals surface area contributed by atoms with Gasteiger partial charge in [-0.1, -0.05) is 17.7 Å². The molecule has 30 heavy (non-hydrogen) atoms. The van der Waals surface area contributed by atoms with Crippen LogP contribution in [0, 0.1) is 20.8 Å². The lowest BCUT2D eigenvalue weighted by atomic mass is 10.1. The highest BCUT2D eigenvalue weighted by molar-refractivity contribution is 5.89. The van der Waals surface area contributed by atoms with Crippen LogP contribution in [-0.4, -0.2) is 33.0 Å². The molecular formula is C22H21N5O3. The average Bonchev–Trinajstić information content (AvgIpc) is 3.19. The van der Waals surface area contributed by atoms with E-state index in [1.807, 2.05) is 20.8 Å². The van der Waals surface area contributed by atoms with Gasteiger partial charge in [0, 0.05) is 5.69 Å². The van der Waals surface area contributed by atoms with Crippen molar-refractivity contribution in [1.82, 2.24) is 19.9 Å². The molecule has 0 aliphatic rings. The Morgan fingerprint density at radius 2 is 1.73 bits per heavy atom. The number of hydrogen-bond acceptors (Lipinski definition) is 7. The van der Waals surface area contributed by atoms with Crippen LogP contribution in [0.3, 0.4) is 0 Å². The van der Waals surface area contributed by atoms with E-state index < -0.39 is 5.97 Å². The third kappa shape index (κ3) is 3.80. The molecule has 8 heteroatoms. The van der Waals surface area contributed by atoms with Crippen LogP contribution in [-0.2, 0) is 4.74 Å². The largest absolute Gasteiger partial charge is 0.465 e. The van der Waals surface area contributed by atoms with Crippen molar-refractivity contribution in [2.24, 2.45) is 0 Å². The van der Waals surface area contributed by atoms with Gasteiger partial charge < -0.3 is 19.8 Å². The molecule has 2 aromatic carbocycles. The number of imidazole rings is 1. The number of rotatable bonds is 5. The van der Waals surface area contributed by atoms with Crippen molar-refractivity contribution >= 4 is 28.8 Å². The molecule has 0 amide bonds. The number of nitrogens with one attached hydrogen (secondary N) is 2. The van der Waals surface area contributed by atoms with Crippen LogP contribution >= 0.6 is 0 Å². The molecule has 4 rings (SSSR count). The molecule has 2 N–H and O–H groups in total. The van der Waals surface area contributed by atoms with Gasteiger partial charge in [-0.25, -0.2) is 9.78 Å². The minimum Gasteiger partial charge on any atom is -0.465 e. The number of methoxy groups -OCH3 is 1. The van der Waals surface area contributed by atoms with Gasteiger partial charge >= 0.3 is 5.97 Å². The Morgan fingerprint density at radius 1 is 1.03 bits per heavy atom. The summed E-state index contributed by atoms with van der Waals surface area (Å²) < 4.78 is 10.9. The first-order valence-corrected chi connectivity index (χ1v) is 9.37. The number of aromatic amines is 1. The third-order valence-corrected chi connectivity index (χ3v) is 4.61. The van der Waals surface area contributed by atoms with Gasteiger partial charge in [0.25, 0.3) is 5.88 Å². The summed E-state index contributed by atoms with van der Waals surface area (Å²) >= 11 is 0. The summed E-state index contributed by atoms with van der Waals surface area (Å²) in [6.45, 7) is 6.05. The Hall–Kier alpha value is -3.94. The van der Waals surface area contributed by atoms with Gasteiger partial charge in [-0.15, -0.1) is 0 Å². The Balaban J connectivity index is 1.67. The van der Waals surface area contributed by atoms with Crippen molar-refractivity contribution in [2.75, 3.05) is 12.4 Å². The van der Waals surface area contributed by atoms with Gasteiger partial charge in [-0.3, -0.25) is 0 Å². The van der Waals surface area contributed by atoms with Crippen LogP contribution < -0.4 is 10.1 Å². The van der Waals surface area contributed by atoms with E-state index in [9.17, 15) is 4.79 Å². The lowest BCUT2D eigenvalue weighted by Crippen LogP contribution is -2.03. The second kappa shape index (κ2) is 7.82. The highest BCUT2D eigenvalue weighted by Gasteiger charge is 2.15. The van der Waals surface area contributed by atoms with E-state index in [4.69, 9.17) is 9.47 Å². The maximum atomic E-state index is 11.6. The maximum Gasteiger partial charge on any atom is 0.337 e. The number of fused-ring (bicyclic) bond motifs is 1. The number of benzene rings is 2. The van der Waals surface area contributed by atoms with E-state index in [1.165, 1.54) is 12.7 Å². The van der Waals surface area contributed by atoms with Crippen molar-refractivity contribution in [3.8, 4) is 11.6 Å². The zero-order valence-electron chi connectivity index (χ0n) is 17.1. The van der Waals surface area contributed by atoms with E-state index in [0.29, 0.717) is 28.6 Å². The number of carbonyl (C=O) groups is 1. The number of anilines is 2. The number of hydrogen-bond donors (Lipinski definition) is 2. The van der Waals surface area contributed by atoms with Gasteiger partial charge in [-0.05, 0) is 56.2 Å². The van der Waals surface area contributed by atoms with E-state index >= 15 is 0 Å². The van der Waals surface area contributed by atoms with Gasteiger partial charge in [-0.2, -0.15) is 9.97 Å². The molecule has 0 bridgehead atoms. The molecule has 2 aromatic heterocycles. The number of H-pyrrole nitrogens is 1. The van der Waals surface area contributed by atoms with Gasteiger partial charge in [0.05, 0.1) is 19.0 Å². The molecule has 0 spiro atoms. The fourth-order valence-electron chi connectivity index (χ4n) is 3.30. The van der Waals surface area contributed by atoms with Gasteiger partial charge in [0.15, 0.2) is 11.2 Å². The summed E-state index contributed by atoms with van der Waals surface area (Å²) in [5.74, 6) is 1.05. The molecule has 0 atom stereocenters. The van der Waals surface area contributed by atoms with E-state index in [0.717, 1.165) is 22.6 Å². The normalized spacial score (nSPS) is 10.8. The lowest BCUT2D eigenvalue weighted by Gasteiger charge is -2.13. The van der Waals surface area contributed by atoms with E-state index in [1.54, 1.807) is 30.6 Å². The van der Waals surface area contributed by atoms with Crippen LogP contribution in [0.5, 0.6) is 11.6 Å². The first kappa shape index (κ1) is 19.4. The number of nitrogens with zero attached hydrogens (tertiary/aromatic N) is 3. The molecule has 8 nitrogen and oxygen atoms in total. The molecule has 0 saturated heterocycles. The van der Waals surface area contributed by atoms with Crippen molar-refractivity contribution in [1.29, 1.82) is 0 Å². The smallest absolute Gasteiger partial charge is 0.337 e. The van der Waals surface area contributed by atoms with Gasteiger partial charge in [0.2, 0.25) is 5.95 Å². The van der Waals surface area contributed by atoms with Crippen LogP contribution in [0.2, 0.25) is 0 Å². The Labute approximate surface area is 173 Å². The summed E-state index contributed by atoms with van der Waals surface area (Å²) in [6, 6.07) is 11.0. The highest BCUT2D eigenvalue weighted by atomic mass is 16.5. The first-order valence-electron chi connectivity index (χ1n) is 9.37. The van der Waals surface area contributed by atoms with Crippen LogP contribution in [0.4, 0.5) is 11.6 Å². The first-order chi connectivity index (χ1) is 14.4. The Morgan fingerprint density at radius 3 is 2.40 bits per heavy atom. The number of esters is 1. The minimum absolute atomic E-state index is 0.343. The summed E-state index contributed by atoms with van der Waals surface area (Å²) in [4.78, 5) is 27.9. The number of aryl methyl sites for hydroxylation is 3. The SMILES string of the molecule is COC(=O)c1ccc(Nc2nc(Oc3c(C)cc(C)cc3C)c3nc[nH]c3n2)cc1. The van der Waals surface area contributed by atoms with Crippen molar-refractivity contribution in [2.45, 2.75) is 20.8 Å². The zero-order chi connectivity index (χ0) is 21.3. The lowest BCUT2D eigenvalue weighted by molar-refractivity contribution is 0.0601. The highest BCUT2D eigenvalue weighted by Crippen LogP contribution is 2.32. The van der Waals surface area contributed by atoms with Crippen LogP contribution in [0.25, 0.3) is 11.2 Å². The predicted molar refractivity (Wildman–Crippen MR) is 113 cm³/mol. The zero-order valence-corrected chi connectivity index (χ0v) is 17.1.